The lowest BCUT2D eigenvalue weighted by molar-refractivity contribution is -0.142. The van der Waals surface area contributed by atoms with Gasteiger partial charge in [-0.2, -0.15) is 0 Å². The lowest BCUT2D eigenvalue weighted by atomic mass is 10.0. The quantitative estimate of drug-likeness (QED) is 0.765. The van der Waals surface area contributed by atoms with Crippen LogP contribution in [0, 0.1) is 0 Å². The first kappa shape index (κ1) is 15.4. The number of fused-ring (bicyclic) bond motifs is 1. The molecule has 1 aromatic rings. The Bertz CT molecular complexity index is 656. The van der Waals surface area contributed by atoms with Crippen molar-refractivity contribution in [3.05, 3.63) is 29.3 Å². The number of ether oxygens (including phenoxy) is 1. The number of anilines is 1. The molecule has 6 nitrogen and oxygen atoms in total. The van der Waals surface area contributed by atoms with Gasteiger partial charge in [-0.3, -0.25) is 23.6 Å². The second kappa shape index (κ2) is 5.94. The van der Waals surface area contributed by atoms with Crippen molar-refractivity contribution in [3.63, 3.8) is 0 Å². The van der Waals surface area contributed by atoms with Crippen molar-refractivity contribution in [1.29, 1.82) is 0 Å². The Hall–Kier alpha value is -1.51. The van der Waals surface area contributed by atoms with Crippen LogP contribution in [0.5, 0.6) is 0 Å². The zero-order valence-electron chi connectivity index (χ0n) is 12.2. The number of carbonyl (C=O) groups excluding carboxylic acids is 2. The second-order valence-electron chi connectivity index (χ2n) is 5.17. The average Bonchev–Trinajstić information content (AvgIpc) is 2.98. The van der Waals surface area contributed by atoms with E-state index >= 15 is 0 Å². The van der Waals surface area contributed by atoms with E-state index in [0.717, 1.165) is 5.57 Å². The molecular weight excluding hydrogens is 324 g/mol. The predicted octanol–water partition coefficient (Wildman–Crippen LogP) is 0.930. The molecule has 2 unspecified atom stereocenters. The van der Waals surface area contributed by atoms with E-state index in [9.17, 15) is 13.8 Å². The molecule has 118 valence electrons. The molecule has 0 saturated carbocycles. The van der Waals surface area contributed by atoms with Crippen LogP contribution in [0.25, 0.3) is 0 Å². The largest absolute Gasteiger partial charge is 0.380 e. The van der Waals surface area contributed by atoms with Gasteiger partial charge >= 0.3 is 0 Å². The molecule has 3 rings (SSSR count). The second-order valence-corrected chi connectivity index (χ2v) is 7.63. The van der Waals surface area contributed by atoms with Gasteiger partial charge in [0.2, 0.25) is 5.91 Å². The van der Waals surface area contributed by atoms with Crippen LogP contribution in [0.3, 0.4) is 0 Å². The fraction of sp³-hybridized carbons (Fsp3) is 0.429. The van der Waals surface area contributed by atoms with Gasteiger partial charge in [0.25, 0.3) is 5.91 Å². The van der Waals surface area contributed by atoms with Crippen molar-refractivity contribution >= 4 is 39.0 Å². The minimum atomic E-state index is -1.24. The molecule has 22 heavy (non-hydrogen) atoms. The molecule has 1 saturated heterocycles. The van der Waals surface area contributed by atoms with Crippen LogP contribution in [0.4, 0.5) is 5.00 Å². The van der Waals surface area contributed by atoms with Crippen LogP contribution in [-0.4, -0.2) is 51.8 Å². The Labute approximate surface area is 134 Å². The van der Waals surface area contributed by atoms with Gasteiger partial charge < -0.3 is 4.74 Å². The van der Waals surface area contributed by atoms with Crippen molar-refractivity contribution in [2.75, 3.05) is 24.4 Å². The predicted molar refractivity (Wildman–Crippen MR) is 84.9 cm³/mol. The number of thiophene rings is 1. The van der Waals surface area contributed by atoms with Crippen LogP contribution >= 0.6 is 11.3 Å². The number of β-lactam (4-membered cyclic amide) rings is 1. The Morgan fingerprint density at radius 1 is 1.59 bits per heavy atom. The molecule has 8 heteroatoms. The Morgan fingerprint density at radius 2 is 2.36 bits per heavy atom. The molecule has 3 heterocycles. The van der Waals surface area contributed by atoms with Crippen molar-refractivity contribution < 1.29 is 18.5 Å². The first-order valence-corrected chi connectivity index (χ1v) is 9.02. The SMILES string of the molecule is COCC1=CN2C(=O)C(N(C(C)=O)c3cccs3)[C@H]2S(=O)C1. The van der Waals surface area contributed by atoms with Crippen LogP contribution in [-0.2, 0) is 25.1 Å². The van der Waals surface area contributed by atoms with E-state index < -0.39 is 22.2 Å². The maximum absolute atomic E-state index is 12.5. The maximum Gasteiger partial charge on any atom is 0.254 e. The van der Waals surface area contributed by atoms with Crippen molar-refractivity contribution in [3.8, 4) is 0 Å². The average molecular weight is 340 g/mol. The van der Waals surface area contributed by atoms with E-state index in [1.807, 2.05) is 11.4 Å². The third-order valence-electron chi connectivity index (χ3n) is 3.66. The summed E-state index contributed by atoms with van der Waals surface area (Å²) < 4.78 is 17.5. The highest BCUT2D eigenvalue weighted by Crippen LogP contribution is 2.36. The summed E-state index contributed by atoms with van der Waals surface area (Å²) in [6.45, 7) is 1.78. The molecule has 3 atom stereocenters. The number of methoxy groups -OCH3 is 1. The molecule has 0 N–H and O–H groups in total. The summed E-state index contributed by atoms with van der Waals surface area (Å²) in [6, 6.07) is 2.93. The molecule has 2 amide bonds. The topological polar surface area (TPSA) is 66.9 Å². The fourth-order valence-corrected chi connectivity index (χ4v) is 5.22. The maximum atomic E-state index is 12.5. The summed E-state index contributed by atoms with van der Waals surface area (Å²) in [5.74, 6) is -0.0472. The van der Waals surface area contributed by atoms with Gasteiger partial charge in [0.1, 0.15) is 11.4 Å². The number of hydrogen-bond donors (Lipinski definition) is 0. The number of hydrogen-bond acceptors (Lipinski definition) is 5. The van der Waals surface area contributed by atoms with Gasteiger partial charge in [0, 0.05) is 20.2 Å². The normalized spacial score (nSPS) is 27.0. The molecule has 0 aliphatic carbocycles. The highest BCUT2D eigenvalue weighted by Gasteiger charge is 2.55. The number of nitrogens with zero attached hydrogens (tertiary/aromatic N) is 2. The van der Waals surface area contributed by atoms with Gasteiger partial charge in [-0.15, -0.1) is 11.3 Å². The van der Waals surface area contributed by atoms with E-state index in [2.05, 4.69) is 0 Å². The van der Waals surface area contributed by atoms with Crippen molar-refractivity contribution in [2.45, 2.75) is 18.3 Å². The van der Waals surface area contributed by atoms with Gasteiger partial charge in [0.15, 0.2) is 0 Å². The number of amides is 2. The highest BCUT2D eigenvalue weighted by molar-refractivity contribution is 7.86. The molecule has 0 spiro atoms. The van der Waals surface area contributed by atoms with E-state index in [1.54, 1.807) is 19.4 Å². The molecule has 2 aliphatic rings. The summed E-state index contributed by atoms with van der Waals surface area (Å²) in [5, 5.41) is 2.08. The molecule has 0 radical (unpaired) electrons. The Balaban J connectivity index is 1.90. The zero-order chi connectivity index (χ0) is 15.9. The van der Waals surface area contributed by atoms with Crippen LogP contribution < -0.4 is 4.90 Å². The van der Waals surface area contributed by atoms with E-state index in [-0.39, 0.29) is 11.8 Å². The zero-order valence-corrected chi connectivity index (χ0v) is 13.9. The first-order chi connectivity index (χ1) is 10.5. The summed E-state index contributed by atoms with van der Waals surface area (Å²) in [6.07, 6.45) is 1.71. The smallest absolute Gasteiger partial charge is 0.254 e. The molecule has 2 aliphatic heterocycles. The van der Waals surface area contributed by atoms with Gasteiger partial charge in [-0.05, 0) is 23.1 Å². The standard InChI is InChI=1S/C14H16N2O4S2/c1-9(17)16(11-4-3-5-21-11)12-13(18)15-6-10(7-20-2)8-22(19)14(12)15/h3-6,12,14H,7-8H2,1-2H3/t12?,14-,22?/m1/s1. The van der Waals surface area contributed by atoms with E-state index in [4.69, 9.17) is 4.74 Å². The fourth-order valence-electron chi connectivity index (χ4n) is 2.78. The minimum absolute atomic E-state index is 0.199. The lowest BCUT2D eigenvalue weighted by Gasteiger charge is -2.50. The Kier molecular flexibility index (Phi) is 4.16. The number of rotatable bonds is 4. The summed E-state index contributed by atoms with van der Waals surface area (Å²) >= 11 is 1.39. The monoisotopic (exact) mass is 340 g/mol. The van der Waals surface area contributed by atoms with Gasteiger partial charge in [-0.25, -0.2) is 0 Å². The van der Waals surface area contributed by atoms with Gasteiger partial charge in [-0.1, -0.05) is 0 Å². The third-order valence-corrected chi connectivity index (χ3v) is 6.21. The van der Waals surface area contributed by atoms with Crippen LogP contribution in [0.2, 0.25) is 0 Å². The van der Waals surface area contributed by atoms with Crippen molar-refractivity contribution in [1.82, 2.24) is 4.90 Å². The minimum Gasteiger partial charge on any atom is -0.380 e. The lowest BCUT2D eigenvalue weighted by Crippen LogP contribution is -2.72. The van der Waals surface area contributed by atoms with E-state index in [0.29, 0.717) is 17.4 Å². The van der Waals surface area contributed by atoms with Crippen LogP contribution in [0.1, 0.15) is 6.92 Å². The molecule has 1 aromatic heterocycles. The van der Waals surface area contributed by atoms with E-state index in [1.165, 1.54) is 28.1 Å². The van der Waals surface area contributed by atoms with Crippen molar-refractivity contribution in [2.24, 2.45) is 0 Å². The summed E-state index contributed by atoms with van der Waals surface area (Å²) in [7, 11) is 0.319. The molecule has 0 bridgehead atoms. The summed E-state index contributed by atoms with van der Waals surface area (Å²) in [5.41, 5.74) is 0.828. The molecule has 0 aromatic carbocycles. The first-order valence-electron chi connectivity index (χ1n) is 6.75. The summed E-state index contributed by atoms with van der Waals surface area (Å²) in [4.78, 5) is 27.4. The molecule has 1 fully saturated rings. The number of carbonyl (C=O) groups is 2. The Morgan fingerprint density at radius 3 is 2.95 bits per heavy atom. The molecular formula is C14H16N2O4S2. The van der Waals surface area contributed by atoms with Gasteiger partial charge in [0.05, 0.1) is 28.2 Å². The van der Waals surface area contributed by atoms with Crippen LogP contribution in [0.15, 0.2) is 29.3 Å². The highest BCUT2D eigenvalue weighted by atomic mass is 32.2. The third kappa shape index (κ3) is 2.41.